The number of alkyl halides is 1. The van der Waals surface area contributed by atoms with Crippen molar-refractivity contribution < 1.29 is 19.1 Å². The van der Waals surface area contributed by atoms with Crippen molar-refractivity contribution >= 4 is 23.5 Å². The first kappa shape index (κ1) is 19.2. The van der Waals surface area contributed by atoms with Crippen molar-refractivity contribution in [3.63, 3.8) is 0 Å². The van der Waals surface area contributed by atoms with Crippen LogP contribution in [0.1, 0.15) is 59.3 Å². The summed E-state index contributed by atoms with van der Waals surface area (Å²) in [6, 6.07) is 0. The Bertz CT molecular complexity index is 277. The zero-order chi connectivity index (χ0) is 15.4. The molecule has 0 aliphatic carbocycles. The quantitative estimate of drug-likeness (QED) is 0.332. The largest absolute Gasteiger partial charge is 0.466 e. The van der Waals surface area contributed by atoms with Gasteiger partial charge in [-0.05, 0) is 38.5 Å². The Labute approximate surface area is 127 Å². The molecule has 0 rings (SSSR count). The van der Waals surface area contributed by atoms with Crippen molar-refractivity contribution in [1.29, 1.82) is 0 Å². The van der Waals surface area contributed by atoms with Crippen LogP contribution in [0.25, 0.3) is 0 Å². The minimum absolute atomic E-state index is 0.167. The van der Waals surface area contributed by atoms with Crippen molar-refractivity contribution in [2.24, 2.45) is 5.92 Å². The third kappa shape index (κ3) is 13.7. The molecule has 0 saturated heterocycles. The van der Waals surface area contributed by atoms with Crippen molar-refractivity contribution in [2.75, 3.05) is 13.2 Å². The Morgan fingerprint density at radius 1 is 0.950 bits per heavy atom. The lowest BCUT2D eigenvalue weighted by atomic mass is 10.1. The van der Waals surface area contributed by atoms with Crippen LogP contribution in [0.3, 0.4) is 0 Å². The van der Waals surface area contributed by atoms with Crippen LogP contribution in [-0.4, -0.2) is 30.5 Å². The van der Waals surface area contributed by atoms with Crippen LogP contribution in [0, 0.1) is 5.92 Å². The van der Waals surface area contributed by atoms with Gasteiger partial charge in [0.05, 0.1) is 12.0 Å². The van der Waals surface area contributed by atoms with Crippen molar-refractivity contribution in [2.45, 2.75) is 64.7 Å². The average molecular weight is 307 g/mol. The molecule has 0 bridgehead atoms. The van der Waals surface area contributed by atoms with E-state index in [4.69, 9.17) is 21.1 Å². The summed E-state index contributed by atoms with van der Waals surface area (Å²) < 4.78 is 10.0. The standard InChI is InChI=1S/C15H27ClO4/c1-12(2)7-6-10-19-14(17)8-4-5-9-15(18)20-11-13(3)16/h12-13H,4-11H2,1-3H3. The van der Waals surface area contributed by atoms with Gasteiger partial charge >= 0.3 is 11.9 Å². The summed E-state index contributed by atoms with van der Waals surface area (Å²) in [6.07, 6.45) is 3.95. The number of carbonyl (C=O) groups is 2. The normalized spacial score (nSPS) is 12.2. The molecular weight excluding hydrogens is 280 g/mol. The molecule has 5 heteroatoms. The summed E-state index contributed by atoms with van der Waals surface area (Å²) >= 11 is 5.67. The van der Waals surface area contributed by atoms with Crippen molar-refractivity contribution in [1.82, 2.24) is 0 Å². The zero-order valence-electron chi connectivity index (χ0n) is 12.8. The van der Waals surface area contributed by atoms with E-state index >= 15 is 0 Å². The van der Waals surface area contributed by atoms with E-state index in [-0.39, 0.29) is 23.9 Å². The molecule has 0 fully saturated rings. The van der Waals surface area contributed by atoms with Crippen molar-refractivity contribution in [3.8, 4) is 0 Å². The molecule has 0 aromatic heterocycles. The molecule has 0 saturated carbocycles. The second-order valence-electron chi connectivity index (χ2n) is 5.43. The Morgan fingerprint density at radius 3 is 2.00 bits per heavy atom. The van der Waals surface area contributed by atoms with Crippen LogP contribution >= 0.6 is 11.6 Å². The first-order chi connectivity index (χ1) is 9.41. The lowest BCUT2D eigenvalue weighted by Crippen LogP contribution is -2.11. The molecule has 1 unspecified atom stereocenters. The maximum Gasteiger partial charge on any atom is 0.305 e. The van der Waals surface area contributed by atoms with E-state index in [9.17, 15) is 9.59 Å². The van der Waals surface area contributed by atoms with Gasteiger partial charge in [-0.2, -0.15) is 0 Å². The van der Waals surface area contributed by atoms with E-state index in [1.807, 2.05) is 0 Å². The SMILES string of the molecule is CC(C)CCCOC(=O)CCCCC(=O)OCC(C)Cl. The third-order valence-electron chi connectivity index (χ3n) is 2.67. The van der Waals surface area contributed by atoms with Gasteiger partial charge < -0.3 is 9.47 Å². The topological polar surface area (TPSA) is 52.6 Å². The van der Waals surface area contributed by atoms with Gasteiger partial charge in [-0.1, -0.05) is 13.8 Å². The summed E-state index contributed by atoms with van der Waals surface area (Å²) in [5.74, 6) is 0.190. The molecule has 0 aliphatic rings. The van der Waals surface area contributed by atoms with E-state index in [1.54, 1.807) is 6.92 Å². The van der Waals surface area contributed by atoms with E-state index < -0.39 is 0 Å². The van der Waals surface area contributed by atoms with Gasteiger partial charge in [-0.25, -0.2) is 0 Å². The van der Waals surface area contributed by atoms with Crippen LogP contribution in [-0.2, 0) is 19.1 Å². The number of halogens is 1. The summed E-state index contributed by atoms with van der Waals surface area (Å²) in [7, 11) is 0. The molecule has 0 heterocycles. The van der Waals surface area contributed by atoms with Gasteiger partial charge in [0.15, 0.2) is 0 Å². The number of hydrogen-bond acceptors (Lipinski definition) is 4. The number of esters is 2. The molecule has 0 aromatic carbocycles. The summed E-state index contributed by atoms with van der Waals surface area (Å²) in [5.41, 5.74) is 0. The van der Waals surface area contributed by atoms with Gasteiger partial charge in [0, 0.05) is 12.8 Å². The Kier molecular flexibility index (Phi) is 11.5. The molecule has 0 N–H and O–H groups in total. The molecule has 0 spiro atoms. The molecule has 0 aromatic rings. The maximum absolute atomic E-state index is 11.4. The number of carbonyl (C=O) groups excluding carboxylic acids is 2. The number of ether oxygens (including phenoxy) is 2. The first-order valence-electron chi connectivity index (χ1n) is 7.37. The minimum Gasteiger partial charge on any atom is -0.466 e. The van der Waals surface area contributed by atoms with Crippen LogP contribution in [0.5, 0.6) is 0 Å². The molecule has 118 valence electrons. The number of unbranched alkanes of at least 4 members (excludes halogenated alkanes) is 1. The van der Waals surface area contributed by atoms with Crippen molar-refractivity contribution in [3.05, 3.63) is 0 Å². The zero-order valence-corrected chi connectivity index (χ0v) is 13.6. The number of hydrogen-bond donors (Lipinski definition) is 0. The summed E-state index contributed by atoms with van der Waals surface area (Å²) in [4.78, 5) is 22.7. The highest BCUT2D eigenvalue weighted by Gasteiger charge is 2.07. The second-order valence-corrected chi connectivity index (χ2v) is 6.17. The number of rotatable bonds is 11. The van der Waals surface area contributed by atoms with Gasteiger partial charge in [-0.3, -0.25) is 9.59 Å². The smallest absolute Gasteiger partial charge is 0.305 e. The van der Waals surface area contributed by atoms with Crippen LogP contribution in [0.15, 0.2) is 0 Å². The summed E-state index contributed by atoms with van der Waals surface area (Å²) in [6.45, 7) is 6.78. The van der Waals surface area contributed by atoms with Gasteiger partial charge in [0.25, 0.3) is 0 Å². The summed E-state index contributed by atoms with van der Waals surface area (Å²) in [5, 5.41) is -0.167. The average Bonchev–Trinajstić information content (AvgIpc) is 2.37. The molecule has 1 atom stereocenters. The van der Waals surface area contributed by atoms with Gasteiger partial charge in [0.2, 0.25) is 0 Å². The highest BCUT2D eigenvalue weighted by molar-refractivity contribution is 6.20. The van der Waals surface area contributed by atoms with Crippen LogP contribution < -0.4 is 0 Å². The molecule has 4 nitrogen and oxygen atoms in total. The van der Waals surface area contributed by atoms with E-state index in [0.717, 1.165) is 12.8 Å². The lowest BCUT2D eigenvalue weighted by molar-refractivity contribution is -0.146. The molecule has 0 aliphatic heterocycles. The van der Waals surface area contributed by atoms with Gasteiger partial charge in [-0.15, -0.1) is 11.6 Å². The fraction of sp³-hybridized carbons (Fsp3) is 0.867. The second kappa shape index (κ2) is 12.0. The molecule has 20 heavy (non-hydrogen) atoms. The fourth-order valence-corrected chi connectivity index (χ4v) is 1.63. The van der Waals surface area contributed by atoms with E-state index in [2.05, 4.69) is 13.8 Å². The Hall–Kier alpha value is -0.770. The first-order valence-corrected chi connectivity index (χ1v) is 7.80. The predicted molar refractivity (Wildman–Crippen MR) is 79.8 cm³/mol. The minimum atomic E-state index is -0.261. The Balaban J connectivity index is 3.41. The fourth-order valence-electron chi connectivity index (χ4n) is 1.57. The van der Waals surface area contributed by atoms with Crippen LogP contribution in [0.2, 0.25) is 0 Å². The Morgan fingerprint density at radius 2 is 1.50 bits per heavy atom. The van der Waals surface area contributed by atoms with Gasteiger partial charge in [0.1, 0.15) is 6.61 Å². The monoisotopic (exact) mass is 306 g/mol. The highest BCUT2D eigenvalue weighted by Crippen LogP contribution is 2.06. The predicted octanol–water partition coefficient (Wildman–Crippen LogP) is 3.70. The molecule has 0 amide bonds. The maximum atomic E-state index is 11.4. The lowest BCUT2D eigenvalue weighted by Gasteiger charge is -2.07. The molecule has 0 radical (unpaired) electrons. The van der Waals surface area contributed by atoms with E-state index in [1.165, 1.54) is 0 Å². The van der Waals surface area contributed by atoms with E-state index in [0.29, 0.717) is 38.2 Å². The highest BCUT2D eigenvalue weighted by atomic mass is 35.5. The molecular formula is C15H27ClO4. The van der Waals surface area contributed by atoms with Crippen LogP contribution in [0.4, 0.5) is 0 Å². The third-order valence-corrected chi connectivity index (χ3v) is 2.80.